The van der Waals surface area contributed by atoms with Crippen molar-refractivity contribution in [3.05, 3.63) is 0 Å². The highest BCUT2D eigenvalue weighted by molar-refractivity contribution is 5.90. The maximum Gasteiger partial charge on any atom is 0.334 e. The molecule has 11 nitrogen and oxygen atoms in total. The first kappa shape index (κ1) is 20.8. The zero-order valence-electron chi connectivity index (χ0n) is 12.9. The van der Waals surface area contributed by atoms with E-state index in [0.717, 1.165) is 0 Å². The molecule has 0 spiro atoms. The van der Waals surface area contributed by atoms with Gasteiger partial charge in [0.05, 0.1) is 0 Å². The number of rotatable bonds is 9. The van der Waals surface area contributed by atoms with Gasteiger partial charge in [-0.25, -0.2) is 9.59 Å². The van der Waals surface area contributed by atoms with Gasteiger partial charge in [-0.15, -0.1) is 0 Å². The standard InChI is InChI=1S/C12H24N6O5/c1-6(13)9(19)22-5-8(15)11(21)23-10(20)7(14)3-2-4-18-12(16)17/h6-8H,2-5,13-15H2,1H3,(H4,16,17,18)/t6-,7-,8-/m0/s1. The monoisotopic (exact) mass is 332 g/mol. The summed E-state index contributed by atoms with van der Waals surface area (Å²) in [6.45, 7) is 1.26. The van der Waals surface area contributed by atoms with Gasteiger partial charge in [0.15, 0.2) is 5.96 Å². The van der Waals surface area contributed by atoms with Gasteiger partial charge in [-0.3, -0.25) is 9.79 Å². The van der Waals surface area contributed by atoms with Crippen LogP contribution in [-0.2, 0) is 23.9 Å². The number of carbonyl (C=O) groups excluding carboxylic acids is 3. The SMILES string of the molecule is C[C@H](N)C(=O)OC[C@H](N)C(=O)OC(=O)[C@@H](N)CCCN=C(N)N. The Morgan fingerprint density at radius 2 is 1.57 bits per heavy atom. The zero-order chi connectivity index (χ0) is 18.0. The summed E-state index contributed by atoms with van der Waals surface area (Å²) in [5.41, 5.74) is 26.5. The molecule has 0 amide bonds. The van der Waals surface area contributed by atoms with Crippen LogP contribution in [0.5, 0.6) is 0 Å². The zero-order valence-corrected chi connectivity index (χ0v) is 12.9. The van der Waals surface area contributed by atoms with Crippen LogP contribution in [-0.4, -0.2) is 55.1 Å². The molecule has 0 aliphatic heterocycles. The normalized spacial score (nSPS) is 14.3. The number of esters is 3. The lowest BCUT2D eigenvalue weighted by molar-refractivity contribution is -0.163. The minimum atomic E-state index is -1.31. The molecule has 132 valence electrons. The van der Waals surface area contributed by atoms with Gasteiger partial charge in [0, 0.05) is 6.54 Å². The van der Waals surface area contributed by atoms with Gasteiger partial charge < -0.3 is 38.1 Å². The second kappa shape index (κ2) is 10.5. The number of nitrogens with two attached hydrogens (primary N) is 5. The molecule has 0 aliphatic carbocycles. The highest BCUT2D eigenvalue weighted by Crippen LogP contribution is 2.00. The molecule has 0 aromatic carbocycles. The van der Waals surface area contributed by atoms with E-state index in [9.17, 15) is 14.4 Å². The van der Waals surface area contributed by atoms with Gasteiger partial charge in [0.2, 0.25) is 0 Å². The molecule has 0 saturated heterocycles. The second-order valence-corrected chi connectivity index (χ2v) is 4.82. The van der Waals surface area contributed by atoms with Gasteiger partial charge in [0.25, 0.3) is 0 Å². The van der Waals surface area contributed by atoms with Crippen LogP contribution in [0, 0.1) is 0 Å². The Kier molecular flexibility index (Phi) is 9.46. The maximum atomic E-state index is 11.6. The molecule has 3 atom stereocenters. The predicted molar refractivity (Wildman–Crippen MR) is 81.6 cm³/mol. The minimum Gasteiger partial charge on any atom is -0.462 e. The van der Waals surface area contributed by atoms with Crippen LogP contribution in [0.1, 0.15) is 19.8 Å². The summed E-state index contributed by atoms with van der Waals surface area (Å²) in [6, 6.07) is -3.18. The predicted octanol–water partition coefficient (Wildman–Crippen LogP) is -3.35. The number of hydrogen-bond acceptors (Lipinski definition) is 9. The van der Waals surface area contributed by atoms with Crippen molar-refractivity contribution >= 4 is 23.9 Å². The lowest BCUT2D eigenvalue weighted by Gasteiger charge is -2.14. The third-order valence-corrected chi connectivity index (χ3v) is 2.55. The summed E-state index contributed by atoms with van der Waals surface area (Å²) in [7, 11) is 0. The van der Waals surface area contributed by atoms with E-state index in [1.807, 2.05) is 0 Å². The number of aliphatic imine (C=N–C) groups is 1. The number of hydrogen-bond donors (Lipinski definition) is 5. The highest BCUT2D eigenvalue weighted by Gasteiger charge is 2.24. The van der Waals surface area contributed by atoms with E-state index in [1.165, 1.54) is 6.92 Å². The van der Waals surface area contributed by atoms with Crippen molar-refractivity contribution in [2.75, 3.05) is 13.2 Å². The van der Waals surface area contributed by atoms with Crippen molar-refractivity contribution < 1.29 is 23.9 Å². The summed E-state index contributed by atoms with van der Waals surface area (Å²) in [5.74, 6) is -2.78. The largest absolute Gasteiger partial charge is 0.462 e. The molecule has 10 N–H and O–H groups in total. The van der Waals surface area contributed by atoms with Gasteiger partial charge >= 0.3 is 17.9 Å². The number of ether oxygens (including phenoxy) is 2. The van der Waals surface area contributed by atoms with Gasteiger partial charge in [-0.05, 0) is 19.8 Å². The van der Waals surface area contributed by atoms with E-state index in [-0.39, 0.29) is 12.4 Å². The molecular weight excluding hydrogens is 308 g/mol. The Morgan fingerprint density at radius 3 is 2.09 bits per heavy atom. The van der Waals surface area contributed by atoms with Crippen LogP contribution in [0.25, 0.3) is 0 Å². The lowest BCUT2D eigenvalue weighted by Crippen LogP contribution is -2.43. The van der Waals surface area contributed by atoms with Crippen LogP contribution < -0.4 is 28.7 Å². The molecule has 0 fully saturated rings. The molecule has 23 heavy (non-hydrogen) atoms. The molecule has 0 saturated carbocycles. The van der Waals surface area contributed by atoms with E-state index in [1.54, 1.807) is 0 Å². The Hall–Kier alpha value is -2.24. The summed E-state index contributed by atoms with van der Waals surface area (Å²) in [6.07, 6.45) is 0.651. The average Bonchev–Trinajstić information content (AvgIpc) is 2.47. The molecule has 11 heteroatoms. The molecule has 0 aliphatic rings. The summed E-state index contributed by atoms with van der Waals surface area (Å²) < 4.78 is 9.17. The maximum absolute atomic E-state index is 11.6. The number of carbonyl (C=O) groups is 3. The van der Waals surface area contributed by atoms with E-state index in [4.69, 9.17) is 28.7 Å². The Morgan fingerprint density at radius 1 is 1.00 bits per heavy atom. The molecule has 0 radical (unpaired) electrons. The molecular formula is C12H24N6O5. The lowest BCUT2D eigenvalue weighted by atomic mass is 10.2. The smallest absolute Gasteiger partial charge is 0.334 e. The highest BCUT2D eigenvalue weighted by atomic mass is 16.6. The molecule has 0 aromatic heterocycles. The topological polar surface area (TPSA) is 212 Å². The van der Waals surface area contributed by atoms with Crippen LogP contribution in [0.2, 0.25) is 0 Å². The Balaban J connectivity index is 4.14. The minimum absolute atomic E-state index is 0.0661. The fraction of sp³-hybridized carbons (Fsp3) is 0.667. The fourth-order valence-electron chi connectivity index (χ4n) is 1.26. The van der Waals surface area contributed by atoms with Crippen molar-refractivity contribution in [1.82, 2.24) is 0 Å². The molecule has 0 unspecified atom stereocenters. The average molecular weight is 332 g/mol. The Bertz CT molecular complexity index is 449. The third kappa shape index (κ3) is 9.39. The first-order chi connectivity index (χ1) is 10.6. The van der Waals surface area contributed by atoms with Gasteiger partial charge in [-0.2, -0.15) is 0 Å². The van der Waals surface area contributed by atoms with E-state index in [2.05, 4.69) is 14.5 Å². The van der Waals surface area contributed by atoms with Crippen molar-refractivity contribution in [2.24, 2.45) is 33.7 Å². The molecule has 0 rings (SSSR count). The third-order valence-electron chi connectivity index (χ3n) is 2.55. The van der Waals surface area contributed by atoms with E-state index in [0.29, 0.717) is 13.0 Å². The van der Waals surface area contributed by atoms with Crippen LogP contribution in [0.15, 0.2) is 4.99 Å². The second-order valence-electron chi connectivity index (χ2n) is 4.82. The van der Waals surface area contributed by atoms with Crippen molar-refractivity contribution in [2.45, 2.75) is 37.9 Å². The summed E-state index contributed by atoms with van der Waals surface area (Å²) in [5, 5.41) is 0. The van der Waals surface area contributed by atoms with Gasteiger partial charge in [-0.1, -0.05) is 0 Å². The van der Waals surface area contributed by atoms with Crippen molar-refractivity contribution in [3.8, 4) is 0 Å². The van der Waals surface area contributed by atoms with Crippen molar-refractivity contribution in [3.63, 3.8) is 0 Å². The quantitative estimate of drug-likeness (QED) is 0.0929. The Labute approximate surface area is 133 Å². The van der Waals surface area contributed by atoms with Crippen LogP contribution in [0.4, 0.5) is 0 Å². The van der Waals surface area contributed by atoms with Crippen LogP contribution in [0.3, 0.4) is 0 Å². The van der Waals surface area contributed by atoms with Crippen molar-refractivity contribution in [1.29, 1.82) is 0 Å². The van der Waals surface area contributed by atoms with Gasteiger partial charge in [0.1, 0.15) is 24.7 Å². The first-order valence-electron chi connectivity index (χ1n) is 6.89. The fourth-order valence-corrected chi connectivity index (χ4v) is 1.26. The first-order valence-corrected chi connectivity index (χ1v) is 6.89. The van der Waals surface area contributed by atoms with E-state index < -0.39 is 42.6 Å². The molecule has 0 heterocycles. The number of nitrogens with zero attached hydrogens (tertiary/aromatic N) is 1. The summed E-state index contributed by atoms with van der Waals surface area (Å²) >= 11 is 0. The number of guanidine groups is 1. The molecule has 0 aromatic rings. The van der Waals surface area contributed by atoms with Crippen LogP contribution >= 0.6 is 0 Å². The summed E-state index contributed by atoms with van der Waals surface area (Å²) in [4.78, 5) is 38.0. The molecule has 0 bridgehead atoms. The van der Waals surface area contributed by atoms with E-state index >= 15 is 0 Å².